The first-order chi connectivity index (χ1) is 13.8. The number of nitrogens with zero attached hydrogens (tertiary/aromatic N) is 3. The average Bonchev–Trinajstić information content (AvgIpc) is 2.70. The van der Waals surface area contributed by atoms with E-state index in [0.717, 1.165) is 16.7 Å². The highest BCUT2D eigenvalue weighted by molar-refractivity contribution is 14.0. The highest BCUT2D eigenvalue weighted by atomic mass is 127. The minimum Gasteiger partial charge on any atom is -0.350 e. The molecule has 0 fully saturated rings. The first-order valence-corrected chi connectivity index (χ1v) is 9.31. The fourth-order valence-corrected chi connectivity index (χ4v) is 2.72. The standard InChI is InChI=1S/C21H27N5O3.HI/c1-15-7-5-6-8-19(15)16(2)24-21(23-14-20(27)25(3)4)22-13-17-9-11-18(12-10-17)26(28)29;/h5-12,16H,13-14H2,1-4H3,(H2,22,23,24);1H. The molecule has 0 aliphatic heterocycles. The molecule has 30 heavy (non-hydrogen) atoms. The number of aliphatic imine (C=N–C) groups is 1. The number of nitro groups is 1. The molecule has 0 bridgehead atoms. The zero-order valence-electron chi connectivity index (χ0n) is 17.6. The number of rotatable bonds is 7. The van der Waals surface area contributed by atoms with E-state index in [2.05, 4.69) is 15.6 Å². The summed E-state index contributed by atoms with van der Waals surface area (Å²) in [4.78, 5) is 28.4. The van der Waals surface area contributed by atoms with Crippen molar-refractivity contribution in [1.29, 1.82) is 0 Å². The molecule has 9 heteroatoms. The summed E-state index contributed by atoms with van der Waals surface area (Å²) in [6.07, 6.45) is 0. The lowest BCUT2D eigenvalue weighted by Crippen LogP contribution is -2.43. The number of benzene rings is 2. The molecule has 8 nitrogen and oxygen atoms in total. The number of nitrogens with one attached hydrogen (secondary N) is 2. The van der Waals surface area contributed by atoms with Gasteiger partial charge in [0.2, 0.25) is 5.91 Å². The summed E-state index contributed by atoms with van der Waals surface area (Å²) in [6, 6.07) is 14.3. The molecule has 1 atom stereocenters. The van der Waals surface area contributed by atoms with Crippen molar-refractivity contribution in [3.05, 3.63) is 75.3 Å². The molecule has 0 spiro atoms. The lowest BCUT2D eigenvalue weighted by atomic mass is 10.0. The number of hydrogen-bond donors (Lipinski definition) is 2. The zero-order valence-corrected chi connectivity index (χ0v) is 19.9. The molecule has 0 saturated carbocycles. The van der Waals surface area contributed by atoms with Gasteiger partial charge < -0.3 is 15.5 Å². The van der Waals surface area contributed by atoms with Crippen molar-refractivity contribution in [2.24, 2.45) is 4.99 Å². The van der Waals surface area contributed by atoms with Crippen molar-refractivity contribution in [2.45, 2.75) is 26.4 Å². The van der Waals surface area contributed by atoms with Gasteiger partial charge in [-0.2, -0.15) is 0 Å². The van der Waals surface area contributed by atoms with Gasteiger partial charge in [0.25, 0.3) is 5.69 Å². The molecule has 1 amide bonds. The topological polar surface area (TPSA) is 99.9 Å². The van der Waals surface area contributed by atoms with Gasteiger partial charge in [-0.25, -0.2) is 4.99 Å². The van der Waals surface area contributed by atoms with E-state index in [0.29, 0.717) is 12.5 Å². The fraction of sp³-hybridized carbons (Fsp3) is 0.333. The van der Waals surface area contributed by atoms with Gasteiger partial charge in [-0.1, -0.05) is 36.4 Å². The van der Waals surface area contributed by atoms with E-state index in [4.69, 9.17) is 0 Å². The number of aryl methyl sites for hydroxylation is 1. The molecule has 0 heterocycles. The van der Waals surface area contributed by atoms with Crippen LogP contribution in [0.5, 0.6) is 0 Å². The molecule has 0 aromatic heterocycles. The zero-order chi connectivity index (χ0) is 21.4. The van der Waals surface area contributed by atoms with Gasteiger partial charge in [0, 0.05) is 26.2 Å². The van der Waals surface area contributed by atoms with Crippen LogP contribution in [0.25, 0.3) is 0 Å². The molecule has 0 aliphatic carbocycles. The van der Waals surface area contributed by atoms with E-state index in [1.807, 2.05) is 38.1 Å². The SMILES string of the molecule is Cc1ccccc1C(C)NC(=NCc1ccc([N+](=O)[O-])cc1)NCC(=O)N(C)C.I. The molecule has 2 aromatic rings. The van der Waals surface area contributed by atoms with Crippen LogP contribution in [0.4, 0.5) is 5.69 Å². The number of non-ortho nitro benzene ring substituents is 1. The summed E-state index contributed by atoms with van der Waals surface area (Å²) in [5.41, 5.74) is 3.17. The van der Waals surface area contributed by atoms with E-state index >= 15 is 0 Å². The Morgan fingerprint density at radius 3 is 2.37 bits per heavy atom. The largest absolute Gasteiger partial charge is 0.350 e. The number of likely N-dealkylation sites (N-methyl/N-ethyl adjacent to an activating group) is 1. The van der Waals surface area contributed by atoms with E-state index in [-0.39, 0.29) is 48.2 Å². The maximum atomic E-state index is 11.9. The van der Waals surface area contributed by atoms with Crippen LogP contribution in [0.2, 0.25) is 0 Å². The summed E-state index contributed by atoms with van der Waals surface area (Å²) < 4.78 is 0. The van der Waals surface area contributed by atoms with Crippen LogP contribution in [-0.4, -0.2) is 42.3 Å². The Hall–Kier alpha value is -2.69. The summed E-state index contributed by atoms with van der Waals surface area (Å²) in [5.74, 6) is 0.424. The van der Waals surface area contributed by atoms with E-state index in [1.54, 1.807) is 26.2 Å². The number of amides is 1. The van der Waals surface area contributed by atoms with Gasteiger partial charge in [0.05, 0.1) is 24.1 Å². The smallest absolute Gasteiger partial charge is 0.269 e. The van der Waals surface area contributed by atoms with Gasteiger partial charge in [0.1, 0.15) is 0 Å². The van der Waals surface area contributed by atoms with Gasteiger partial charge >= 0.3 is 0 Å². The lowest BCUT2D eigenvalue weighted by molar-refractivity contribution is -0.384. The van der Waals surface area contributed by atoms with Crippen molar-refractivity contribution in [3.8, 4) is 0 Å². The lowest BCUT2D eigenvalue weighted by Gasteiger charge is -2.21. The van der Waals surface area contributed by atoms with Crippen molar-refractivity contribution in [1.82, 2.24) is 15.5 Å². The highest BCUT2D eigenvalue weighted by Gasteiger charge is 2.12. The van der Waals surface area contributed by atoms with E-state index in [1.165, 1.54) is 17.0 Å². The van der Waals surface area contributed by atoms with Crippen LogP contribution >= 0.6 is 24.0 Å². The van der Waals surface area contributed by atoms with Gasteiger partial charge in [-0.15, -0.1) is 24.0 Å². The van der Waals surface area contributed by atoms with E-state index in [9.17, 15) is 14.9 Å². The Morgan fingerprint density at radius 1 is 1.17 bits per heavy atom. The molecule has 0 aliphatic rings. The summed E-state index contributed by atoms with van der Waals surface area (Å²) >= 11 is 0. The predicted octanol–water partition coefficient (Wildman–Crippen LogP) is 3.41. The quantitative estimate of drug-likeness (QED) is 0.190. The van der Waals surface area contributed by atoms with Crippen LogP contribution in [0, 0.1) is 17.0 Å². The average molecular weight is 525 g/mol. The van der Waals surface area contributed by atoms with Crippen molar-refractivity contribution < 1.29 is 9.72 Å². The normalized spacial score (nSPS) is 11.8. The van der Waals surface area contributed by atoms with Crippen molar-refractivity contribution in [3.63, 3.8) is 0 Å². The molecule has 162 valence electrons. The number of halogens is 1. The van der Waals surface area contributed by atoms with Crippen LogP contribution in [-0.2, 0) is 11.3 Å². The van der Waals surface area contributed by atoms with E-state index < -0.39 is 4.92 Å². The van der Waals surface area contributed by atoms with Crippen molar-refractivity contribution >= 4 is 41.5 Å². The highest BCUT2D eigenvalue weighted by Crippen LogP contribution is 2.17. The second kappa shape index (κ2) is 12.1. The van der Waals surface area contributed by atoms with Crippen LogP contribution in [0.3, 0.4) is 0 Å². The number of hydrogen-bond acceptors (Lipinski definition) is 4. The van der Waals surface area contributed by atoms with Crippen molar-refractivity contribution in [2.75, 3.05) is 20.6 Å². The minimum absolute atomic E-state index is 0. The number of nitro benzene ring substituents is 1. The van der Waals surface area contributed by atoms with Gasteiger partial charge in [-0.3, -0.25) is 14.9 Å². The number of carbonyl (C=O) groups excluding carboxylic acids is 1. The predicted molar refractivity (Wildman–Crippen MR) is 129 cm³/mol. The first kappa shape index (κ1) is 25.3. The molecular formula is C21H28IN5O3. The third-order valence-electron chi connectivity index (χ3n) is 4.48. The Balaban J connectivity index is 0.00000450. The fourth-order valence-electron chi connectivity index (χ4n) is 2.72. The number of carbonyl (C=O) groups is 1. The third kappa shape index (κ3) is 7.62. The molecular weight excluding hydrogens is 497 g/mol. The maximum Gasteiger partial charge on any atom is 0.269 e. The second-order valence-corrected chi connectivity index (χ2v) is 6.95. The second-order valence-electron chi connectivity index (χ2n) is 6.95. The van der Waals surface area contributed by atoms with Crippen LogP contribution in [0.15, 0.2) is 53.5 Å². The van der Waals surface area contributed by atoms with Crippen LogP contribution < -0.4 is 10.6 Å². The minimum atomic E-state index is -0.432. The Bertz CT molecular complexity index is 884. The third-order valence-corrected chi connectivity index (χ3v) is 4.48. The molecule has 2 N–H and O–H groups in total. The van der Waals surface area contributed by atoms with Crippen LogP contribution in [0.1, 0.15) is 29.7 Å². The Labute approximate surface area is 193 Å². The summed E-state index contributed by atoms with van der Waals surface area (Å²) in [6.45, 7) is 4.51. The molecule has 1 unspecified atom stereocenters. The van der Waals surface area contributed by atoms with Gasteiger partial charge in [-0.05, 0) is 30.5 Å². The first-order valence-electron chi connectivity index (χ1n) is 9.31. The Morgan fingerprint density at radius 2 is 1.80 bits per heavy atom. The number of guanidine groups is 1. The monoisotopic (exact) mass is 525 g/mol. The molecule has 0 saturated heterocycles. The molecule has 2 rings (SSSR count). The molecule has 0 radical (unpaired) electrons. The summed E-state index contributed by atoms with van der Waals surface area (Å²) in [7, 11) is 3.39. The maximum absolute atomic E-state index is 11.9. The summed E-state index contributed by atoms with van der Waals surface area (Å²) in [5, 5.41) is 17.2. The Kier molecular flexibility index (Phi) is 10.2. The van der Waals surface area contributed by atoms with Gasteiger partial charge in [0.15, 0.2) is 5.96 Å². The molecule has 2 aromatic carbocycles.